The highest BCUT2D eigenvalue weighted by molar-refractivity contribution is 5.69. The summed E-state index contributed by atoms with van der Waals surface area (Å²) in [6, 6.07) is 0. The predicted octanol–water partition coefficient (Wildman–Crippen LogP) is 12.8. The van der Waals surface area contributed by atoms with Gasteiger partial charge < -0.3 is 19.5 Å². The molecule has 0 saturated carbocycles. The van der Waals surface area contributed by atoms with Gasteiger partial charge in [-0.2, -0.15) is 0 Å². The van der Waals surface area contributed by atoms with E-state index in [1.807, 2.05) is 0 Å². The highest BCUT2D eigenvalue weighted by atomic mass is 16.5. The molecule has 0 aliphatic rings. The van der Waals surface area contributed by atoms with E-state index < -0.39 is 0 Å². The maximum atomic E-state index is 12.7. The highest BCUT2D eigenvalue weighted by Crippen LogP contribution is 2.21. The molecule has 0 amide bonds. The average Bonchev–Trinajstić information content (AvgIpc) is 3.13. The molecular weight excluding hydrogens is 634 g/mol. The fourth-order valence-electron chi connectivity index (χ4n) is 7.17. The molecular formula is C45H89NO5. The minimum atomic E-state index is -0.0604. The Hall–Kier alpha value is -1.14. The van der Waals surface area contributed by atoms with Crippen LogP contribution in [0.2, 0.25) is 0 Å². The van der Waals surface area contributed by atoms with Crippen molar-refractivity contribution in [3.63, 3.8) is 0 Å². The summed E-state index contributed by atoms with van der Waals surface area (Å²) in [5.41, 5.74) is 0. The molecule has 2 atom stereocenters. The van der Waals surface area contributed by atoms with Crippen molar-refractivity contribution in [3.8, 4) is 0 Å². The Labute approximate surface area is 318 Å². The second-order valence-corrected chi connectivity index (χ2v) is 15.7. The van der Waals surface area contributed by atoms with Crippen LogP contribution in [-0.4, -0.2) is 61.4 Å². The normalized spacial score (nSPS) is 12.7. The van der Waals surface area contributed by atoms with Gasteiger partial charge in [0.25, 0.3) is 0 Å². The van der Waals surface area contributed by atoms with Gasteiger partial charge in [0.05, 0.1) is 13.2 Å². The van der Waals surface area contributed by atoms with Crippen molar-refractivity contribution >= 4 is 11.9 Å². The number of rotatable bonds is 41. The molecule has 0 aliphatic carbocycles. The van der Waals surface area contributed by atoms with Crippen LogP contribution in [0.4, 0.5) is 0 Å². The lowest BCUT2D eigenvalue weighted by Crippen LogP contribution is -2.28. The number of aliphatic hydroxyl groups excluding tert-OH is 1. The number of hydrogen-bond donors (Lipinski definition) is 1. The first-order chi connectivity index (χ1) is 25.0. The SMILES string of the molecule is CCCCCCCCC(CCCCCC)COC(=O)CCCCN(CCCCO)CCCC(=O)OCC(CCCCCC)CCCCCCCC. The maximum absolute atomic E-state index is 12.7. The van der Waals surface area contributed by atoms with Gasteiger partial charge in [0.2, 0.25) is 0 Å². The summed E-state index contributed by atoms with van der Waals surface area (Å²) in [5, 5.41) is 9.31. The number of unbranched alkanes of at least 4 members (excludes halogenated alkanes) is 18. The van der Waals surface area contributed by atoms with Gasteiger partial charge in [-0.05, 0) is 89.3 Å². The minimum absolute atomic E-state index is 0.0498. The second-order valence-electron chi connectivity index (χ2n) is 15.7. The van der Waals surface area contributed by atoms with Gasteiger partial charge in [0, 0.05) is 19.4 Å². The van der Waals surface area contributed by atoms with E-state index in [4.69, 9.17) is 9.47 Å². The van der Waals surface area contributed by atoms with E-state index in [9.17, 15) is 14.7 Å². The van der Waals surface area contributed by atoms with Crippen molar-refractivity contribution in [2.24, 2.45) is 11.8 Å². The van der Waals surface area contributed by atoms with Crippen LogP contribution in [0.5, 0.6) is 0 Å². The number of carbonyl (C=O) groups is 2. The summed E-state index contributed by atoms with van der Waals surface area (Å²) in [5.74, 6) is 0.888. The van der Waals surface area contributed by atoms with E-state index in [0.29, 0.717) is 37.9 Å². The topological polar surface area (TPSA) is 76.1 Å². The van der Waals surface area contributed by atoms with Gasteiger partial charge >= 0.3 is 11.9 Å². The number of nitrogens with zero attached hydrogens (tertiary/aromatic N) is 1. The predicted molar refractivity (Wildman–Crippen MR) is 218 cm³/mol. The van der Waals surface area contributed by atoms with Crippen molar-refractivity contribution in [2.75, 3.05) is 39.5 Å². The monoisotopic (exact) mass is 724 g/mol. The van der Waals surface area contributed by atoms with Crippen LogP contribution in [0.3, 0.4) is 0 Å². The van der Waals surface area contributed by atoms with Gasteiger partial charge in [0.15, 0.2) is 0 Å². The van der Waals surface area contributed by atoms with E-state index >= 15 is 0 Å². The molecule has 0 bridgehead atoms. The number of ether oxygens (including phenoxy) is 2. The minimum Gasteiger partial charge on any atom is -0.465 e. The van der Waals surface area contributed by atoms with E-state index in [2.05, 4.69) is 32.6 Å². The third kappa shape index (κ3) is 35.6. The molecule has 6 heteroatoms. The van der Waals surface area contributed by atoms with Gasteiger partial charge in [0.1, 0.15) is 0 Å². The number of hydrogen-bond acceptors (Lipinski definition) is 6. The van der Waals surface area contributed by atoms with E-state index in [-0.39, 0.29) is 18.5 Å². The van der Waals surface area contributed by atoms with Crippen LogP contribution in [0.15, 0.2) is 0 Å². The van der Waals surface area contributed by atoms with Crippen molar-refractivity contribution in [1.29, 1.82) is 0 Å². The maximum Gasteiger partial charge on any atom is 0.305 e. The number of esters is 2. The van der Waals surface area contributed by atoms with Crippen LogP contribution in [-0.2, 0) is 19.1 Å². The first-order valence-corrected chi connectivity index (χ1v) is 22.6. The van der Waals surface area contributed by atoms with Crippen molar-refractivity contribution in [1.82, 2.24) is 4.90 Å². The fraction of sp³-hybridized carbons (Fsp3) is 0.956. The fourth-order valence-corrected chi connectivity index (χ4v) is 7.17. The molecule has 304 valence electrons. The molecule has 0 saturated heterocycles. The van der Waals surface area contributed by atoms with Crippen molar-refractivity contribution in [2.45, 2.75) is 227 Å². The third-order valence-electron chi connectivity index (χ3n) is 10.7. The molecule has 2 unspecified atom stereocenters. The molecule has 0 rings (SSSR count). The Morgan fingerprint density at radius 3 is 1.18 bits per heavy atom. The summed E-state index contributed by atoms with van der Waals surface area (Å²) in [7, 11) is 0. The largest absolute Gasteiger partial charge is 0.465 e. The summed E-state index contributed by atoms with van der Waals surface area (Å²) in [6.07, 6.45) is 35.8. The van der Waals surface area contributed by atoms with Crippen LogP contribution < -0.4 is 0 Å². The first kappa shape index (κ1) is 49.9. The Balaban J connectivity index is 4.54. The molecule has 0 radical (unpaired) electrons. The molecule has 0 heterocycles. The van der Waals surface area contributed by atoms with E-state index in [1.165, 1.54) is 154 Å². The zero-order valence-corrected chi connectivity index (χ0v) is 34.8. The standard InChI is InChI=1S/C45H89NO5/c1-5-9-13-17-19-23-32-42(30-21-15-11-7-3)40-50-44(48)34-25-26-36-46(37-27-28-39-47)38-29-35-45(49)51-41-43(31-22-16-12-8-4)33-24-20-18-14-10-6-2/h42-43,47H,5-41H2,1-4H3. The summed E-state index contributed by atoms with van der Waals surface area (Å²) >= 11 is 0. The zero-order chi connectivity index (χ0) is 37.5. The Bertz CT molecular complexity index is 731. The van der Waals surface area contributed by atoms with E-state index in [0.717, 1.165) is 51.7 Å². The van der Waals surface area contributed by atoms with Gasteiger partial charge in [-0.1, -0.05) is 156 Å². The molecule has 0 aliphatic heterocycles. The third-order valence-corrected chi connectivity index (χ3v) is 10.7. The summed E-state index contributed by atoms with van der Waals surface area (Å²) in [6.45, 7) is 13.1. The molecule has 0 aromatic heterocycles. The molecule has 0 fully saturated rings. The lowest BCUT2D eigenvalue weighted by molar-refractivity contribution is -0.146. The van der Waals surface area contributed by atoms with Crippen molar-refractivity contribution in [3.05, 3.63) is 0 Å². The summed E-state index contributed by atoms with van der Waals surface area (Å²) < 4.78 is 11.6. The second kappa shape index (κ2) is 40.1. The lowest BCUT2D eigenvalue weighted by atomic mass is 9.95. The van der Waals surface area contributed by atoms with Crippen LogP contribution in [0.25, 0.3) is 0 Å². The van der Waals surface area contributed by atoms with Gasteiger partial charge in [-0.15, -0.1) is 0 Å². The van der Waals surface area contributed by atoms with Crippen molar-refractivity contribution < 1.29 is 24.2 Å². The smallest absolute Gasteiger partial charge is 0.305 e. The molecule has 0 spiro atoms. The molecule has 0 aromatic carbocycles. The van der Waals surface area contributed by atoms with E-state index in [1.54, 1.807) is 0 Å². The number of carbonyl (C=O) groups excluding carboxylic acids is 2. The quantitative estimate of drug-likeness (QED) is 0.0500. The first-order valence-electron chi connectivity index (χ1n) is 22.6. The van der Waals surface area contributed by atoms with Crippen LogP contribution in [0, 0.1) is 11.8 Å². The van der Waals surface area contributed by atoms with Gasteiger partial charge in [-0.3, -0.25) is 9.59 Å². The molecule has 51 heavy (non-hydrogen) atoms. The lowest BCUT2D eigenvalue weighted by Gasteiger charge is -2.22. The Morgan fingerprint density at radius 1 is 0.431 bits per heavy atom. The van der Waals surface area contributed by atoms with Crippen LogP contribution >= 0.6 is 0 Å². The number of aliphatic hydroxyl groups is 1. The Kier molecular flexibility index (Phi) is 39.2. The van der Waals surface area contributed by atoms with Crippen LogP contribution in [0.1, 0.15) is 227 Å². The average molecular weight is 724 g/mol. The summed E-state index contributed by atoms with van der Waals surface area (Å²) in [4.78, 5) is 27.8. The molecule has 0 aromatic rings. The zero-order valence-electron chi connectivity index (χ0n) is 34.8. The van der Waals surface area contributed by atoms with Gasteiger partial charge in [-0.25, -0.2) is 0 Å². The molecule has 1 N–H and O–H groups in total. The highest BCUT2D eigenvalue weighted by Gasteiger charge is 2.15. The molecule has 6 nitrogen and oxygen atoms in total. The Morgan fingerprint density at radius 2 is 0.765 bits per heavy atom.